The fraction of sp³-hybridized carbons (Fsp3) is 0. The fourth-order valence-corrected chi connectivity index (χ4v) is 1.66. The predicted octanol–water partition coefficient (Wildman–Crippen LogP) is 2.89. The Labute approximate surface area is 117 Å². The van der Waals surface area contributed by atoms with Crippen LogP contribution in [0.15, 0.2) is 30.5 Å². The number of hydrogen-bond donors (Lipinski definition) is 3. The van der Waals surface area contributed by atoms with Crippen LogP contribution in [0.5, 0.6) is 0 Å². The molecule has 3 N–H and O–H groups in total. The van der Waals surface area contributed by atoms with Crippen LogP contribution in [-0.2, 0) is 0 Å². The summed E-state index contributed by atoms with van der Waals surface area (Å²) in [5, 5.41) is 17.8. The third-order valence-electron chi connectivity index (χ3n) is 2.33. The minimum absolute atomic E-state index is 0.0743. The van der Waals surface area contributed by atoms with Gasteiger partial charge in [0.15, 0.2) is 11.6 Å². The van der Waals surface area contributed by atoms with Crippen molar-refractivity contribution in [1.29, 1.82) is 0 Å². The second-order valence-corrected chi connectivity index (χ2v) is 3.93. The summed E-state index contributed by atoms with van der Waals surface area (Å²) in [5.41, 5.74) is 2.17. The quantitative estimate of drug-likeness (QED) is 0.595. The van der Waals surface area contributed by atoms with Gasteiger partial charge in [-0.05, 0) is 29.8 Å². The number of carbonyl (C=O) groups is 1. The van der Waals surface area contributed by atoms with Crippen LogP contribution in [0.25, 0.3) is 0 Å². The minimum Gasteiger partial charge on any atom is -0.464 e. The molecule has 0 saturated carbocycles. The molecular formula is C11H8ClFN4O3. The highest BCUT2D eigenvalue weighted by molar-refractivity contribution is 6.28. The number of anilines is 3. The standard InChI is InChI=1S/C11H8ClFN4O3/c12-10-14-5-8(13)9(15-10)17(11(18)19)7-3-1-2-6(4-7)16-20/h1-5,16,20H,(H,18,19). The summed E-state index contributed by atoms with van der Waals surface area (Å²) < 4.78 is 13.7. The van der Waals surface area contributed by atoms with Gasteiger partial charge in [-0.2, -0.15) is 4.98 Å². The molecule has 0 spiro atoms. The summed E-state index contributed by atoms with van der Waals surface area (Å²) in [6.07, 6.45) is -0.692. The van der Waals surface area contributed by atoms with Crippen molar-refractivity contribution in [2.24, 2.45) is 0 Å². The Balaban J connectivity index is 2.56. The molecule has 104 valence electrons. The smallest absolute Gasteiger partial charge is 0.417 e. The van der Waals surface area contributed by atoms with Crippen molar-refractivity contribution in [2.45, 2.75) is 0 Å². The summed E-state index contributed by atoms with van der Waals surface area (Å²) in [6, 6.07) is 5.67. The molecule has 1 amide bonds. The van der Waals surface area contributed by atoms with E-state index in [-0.39, 0.29) is 16.7 Å². The second kappa shape index (κ2) is 5.68. The maximum absolute atomic E-state index is 13.7. The number of rotatable bonds is 3. The van der Waals surface area contributed by atoms with Crippen molar-refractivity contribution < 1.29 is 19.5 Å². The van der Waals surface area contributed by atoms with Crippen molar-refractivity contribution in [3.05, 3.63) is 41.6 Å². The molecule has 0 saturated heterocycles. The van der Waals surface area contributed by atoms with E-state index in [4.69, 9.17) is 16.8 Å². The molecular weight excluding hydrogens is 291 g/mol. The van der Waals surface area contributed by atoms with Crippen LogP contribution in [0.1, 0.15) is 0 Å². The SMILES string of the molecule is O=C(O)N(c1cccc(NO)c1)c1nc(Cl)ncc1F. The summed E-state index contributed by atoms with van der Waals surface area (Å²) in [7, 11) is 0. The van der Waals surface area contributed by atoms with E-state index >= 15 is 0 Å². The highest BCUT2D eigenvalue weighted by Gasteiger charge is 2.23. The molecule has 0 aliphatic heterocycles. The largest absolute Gasteiger partial charge is 0.464 e. The van der Waals surface area contributed by atoms with Gasteiger partial charge < -0.3 is 5.11 Å². The number of amides is 1. The van der Waals surface area contributed by atoms with Crippen LogP contribution < -0.4 is 10.4 Å². The first-order valence-corrected chi connectivity index (χ1v) is 5.62. The molecule has 9 heteroatoms. The van der Waals surface area contributed by atoms with Crippen LogP contribution >= 0.6 is 11.6 Å². The Morgan fingerprint density at radius 1 is 1.45 bits per heavy atom. The molecule has 1 heterocycles. The number of halogens is 2. The van der Waals surface area contributed by atoms with Gasteiger partial charge in [-0.3, -0.25) is 10.7 Å². The van der Waals surface area contributed by atoms with Crippen LogP contribution in [-0.4, -0.2) is 26.4 Å². The maximum Gasteiger partial charge on any atom is 0.417 e. The Kier molecular flexibility index (Phi) is 3.97. The van der Waals surface area contributed by atoms with E-state index < -0.39 is 17.7 Å². The fourth-order valence-electron chi connectivity index (χ4n) is 1.53. The maximum atomic E-state index is 13.7. The first kappa shape index (κ1) is 14.0. The Morgan fingerprint density at radius 3 is 2.85 bits per heavy atom. The van der Waals surface area contributed by atoms with Crippen molar-refractivity contribution in [2.75, 3.05) is 10.4 Å². The summed E-state index contributed by atoms with van der Waals surface area (Å²) >= 11 is 5.55. The van der Waals surface area contributed by atoms with Crippen molar-refractivity contribution in [3.8, 4) is 0 Å². The Bertz CT molecular complexity index is 655. The monoisotopic (exact) mass is 298 g/mol. The molecule has 2 aromatic rings. The van der Waals surface area contributed by atoms with Crippen molar-refractivity contribution in [1.82, 2.24) is 9.97 Å². The molecule has 0 atom stereocenters. The first-order valence-electron chi connectivity index (χ1n) is 5.24. The van der Waals surface area contributed by atoms with Crippen LogP contribution in [0, 0.1) is 5.82 Å². The van der Waals surface area contributed by atoms with Gasteiger partial charge in [0.25, 0.3) is 0 Å². The van der Waals surface area contributed by atoms with E-state index in [0.717, 1.165) is 6.20 Å². The summed E-state index contributed by atoms with van der Waals surface area (Å²) in [5.74, 6) is -1.45. The van der Waals surface area contributed by atoms with Crippen LogP contribution in [0.2, 0.25) is 5.28 Å². The highest BCUT2D eigenvalue weighted by atomic mass is 35.5. The molecule has 20 heavy (non-hydrogen) atoms. The topological polar surface area (TPSA) is 98.6 Å². The Hall–Kier alpha value is -2.45. The third kappa shape index (κ3) is 2.76. The first-order chi connectivity index (χ1) is 9.52. The number of benzene rings is 1. The lowest BCUT2D eigenvalue weighted by Crippen LogP contribution is -2.26. The zero-order valence-corrected chi connectivity index (χ0v) is 10.5. The van der Waals surface area contributed by atoms with Gasteiger partial charge in [-0.1, -0.05) is 6.07 Å². The van der Waals surface area contributed by atoms with Gasteiger partial charge in [0.1, 0.15) is 0 Å². The zero-order chi connectivity index (χ0) is 14.7. The van der Waals surface area contributed by atoms with E-state index in [1.165, 1.54) is 24.3 Å². The van der Waals surface area contributed by atoms with Gasteiger partial charge >= 0.3 is 6.09 Å². The molecule has 0 unspecified atom stereocenters. The third-order valence-corrected chi connectivity index (χ3v) is 2.51. The molecule has 0 radical (unpaired) electrons. The van der Waals surface area contributed by atoms with Gasteiger partial charge in [0.05, 0.1) is 17.6 Å². The second-order valence-electron chi connectivity index (χ2n) is 3.59. The Morgan fingerprint density at radius 2 is 2.20 bits per heavy atom. The average molecular weight is 299 g/mol. The molecule has 1 aromatic heterocycles. The number of nitrogens with one attached hydrogen (secondary N) is 1. The van der Waals surface area contributed by atoms with Gasteiger partial charge in [-0.25, -0.2) is 19.1 Å². The van der Waals surface area contributed by atoms with Crippen LogP contribution in [0.4, 0.5) is 26.4 Å². The predicted molar refractivity (Wildman–Crippen MR) is 69.0 cm³/mol. The summed E-state index contributed by atoms with van der Waals surface area (Å²) in [4.78, 5) is 18.9. The molecule has 0 fully saturated rings. The molecule has 0 bridgehead atoms. The molecule has 2 rings (SSSR count). The van der Waals surface area contributed by atoms with E-state index in [2.05, 4.69) is 9.97 Å². The number of aromatic nitrogens is 2. The normalized spacial score (nSPS) is 10.2. The summed E-state index contributed by atoms with van der Waals surface area (Å²) in [6.45, 7) is 0. The number of nitrogens with zero attached hydrogens (tertiary/aromatic N) is 3. The van der Waals surface area contributed by atoms with Crippen molar-refractivity contribution >= 4 is 34.9 Å². The van der Waals surface area contributed by atoms with Crippen LogP contribution in [0.3, 0.4) is 0 Å². The van der Waals surface area contributed by atoms with E-state index in [0.29, 0.717) is 4.90 Å². The molecule has 0 aliphatic rings. The number of hydrogen-bond acceptors (Lipinski definition) is 5. The van der Waals surface area contributed by atoms with Gasteiger partial charge in [-0.15, -0.1) is 0 Å². The average Bonchev–Trinajstić information content (AvgIpc) is 2.43. The molecule has 1 aromatic carbocycles. The molecule has 0 aliphatic carbocycles. The lowest BCUT2D eigenvalue weighted by atomic mass is 10.2. The van der Waals surface area contributed by atoms with E-state index in [9.17, 15) is 14.3 Å². The highest BCUT2D eigenvalue weighted by Crippen LogP contribution is 2.28. The van der Waals surface area contributed by atoms with Gasteiger partial charge in [0, 0.05) is 0 Å². The minimum atomic E-state index is -1.46. The lowest BCUT2D eigenvalue weighted by Gasteiger charge is -2.19. The zero-order valence-electron chi connectivity index (χ0n) is 9.79. The molecule has 7 nitrogen and oxygen atoms in total. The number of carboxylic acid groups (broad SMARTS) is 1. The van der Waals surface area contributed by atoms with Gasteiger partial charge in [0.2, 0.25) is 5.28 Å². The lowest BCUT2D eigenvalue weighted by molar-refractivity contribution is 0.204. The van der Waals surface area contributed by atoms with E-state index in [1.807, 2.05) is 5.48 Å². The van der Waals surface area contributed by atoms with E-state index in [1.54, 1.807) is 0 Å². The van der Waals surface area contributed by atoms with Crippen molar-refractivity contribution in [3.63, 3.8) is 0 Å².